The topological polar surface area (TPSA) is 67.9 Å². The first-order valence-electron chi connectivity index (χ1n) is 9.19. The van der Waals surface area contributed by atoms with Crippen molar-refractivity contribution in [2.75, 3.05) is 20.8 Å². The fraction of sp³-hybridized carbons (Fsp3) is 0.364. The lowest BCUT2D eigenvalue weighted by Gasteiger charge is -2.28. The molecule has 1 atom stereocenters. The van der Waals surface area contributed by atoms with Gasteiger partial charge < -0.3 is 19.7 Å². The highest BCUT2D eigenvalue weighted by molar-refractivity contribution is 5.87. The number of nitrogens with one attached hydrogen (secondary N) is 1. The van der Waals surface area contributed by atoms with Gasteiger partial charge in [-0.05, 0) is 50.1 Å². The van der Waals surface area contributed by atoms with E-state index in [0.29, 0.717) is 12.3 Å². The first-order valence-corrected chi connectivity index (χ1v) is 9.19. The Balaban J connectivity index is 2.14. The van der Waals surface area contributed by atoms with Crippen LogP contribution in [-0.2, 0) is 16.1 Å². The van der Waals surface area contributed by atoms with Crippen LogP contribution >= 0.6 is 0 Å². The molecule has 0 heterocycles. The third-order valence-corrected chi connectivity index (χ3v) is 4.61. The van der Waals surface area contributed by atoms with E-state index in [0.717, 1.165) is 22.4 Å². The minimum absolute atomic E-state index is 0.138. The van der Waals surface area contributed by atoms with Crippen molar-refractivity contribution in [3.8, 4) is 11.5 Å². The predicted octanol–water partition coefficient (Wildman–Crippen LogP) is 2.85. The van der Waals surface area contributed by atoms with Crippen LogP contribution in [0.15, 0.2) is 42.5 Å². The molecule has 0 aliphatic carbocycles. The molecule has 150 valence electrons. The molecule has 2 aromatic carbocycles. The van der Waals surface area contributed by atoms with Crippen LogP contribution < -0.4 is 14.8 Å². The van der Waals surface area contributed by atoms with Crippen molar-refractivity contribution in [2.24, 2.45) is 0 Å². The van der Waals surface area contributed by atoms with E-state index in [9.17, 15) is 9.59 Å². The van der Waals surface area contributed by atoms with Crippen LogP contribution in [0.1, 0.15) is 23.6 Å². The van der Waals surface area contributed by atoms with Gasteiger partial charge in [0.1, 0.15) is 17.5 Å². The van der Waals surface area contributed by atoms with Gasteiger partial charge in [-0.1, -0.05) is 29.8 Å². The molecule has 0 fully saturated rings. The summed E-state index contributed by atoms with van der Waals surface area (Å²) in [7, 11) is 3.16. The van der Waals surface area contributed by atoms with Gasteiger partial charge in [0, 0.05) is 13.6 Å². The van der Waals surface area contributed by atoms with Crippen LogP contribution in [0.2, 0.25) is 0 Å². The minimum Gasteiger partial charge on any atom is -0.497 e. The zero-order chi connectivity index (χ0) is 20.7. The van der Waals surface area contributed by atoms with Crippen molar-refractivity contribution >= 4 is 11.8 Å². The summed E-state index contributed by atoms with van der Waals surface area (Å²) in [5.41, 5.74) is 3.00. The molecule has 0 aliphatic heterocycles. The molecule has 0 unspecified atom stereocenters. The van der Waals surface area contributed by atoms with E-state index in [4.69, 9.17) is 9.47 Å². The average molecular weight is 384 g/mol. The molecule has 0 saturated heterocycles. The quantitative estimate of drug-likeness (QED) is 0.760. The summed E-state index contributed by atoms with van der Waals surface area (Å²) >= 11 is 0. The van der Waals surface area contributed by atoms with Crippen LogP contribution in [0.3, 0.4) is 0 Å². The smallest absolute Gasteiger partial charge is 0.261 e. The van der Waals surface area contributed by atoms with E-state index in [2.05, 4.69) is 5.32 Å². The molecule has 0 aromatic heterocycles. The van der Waals surface area contributed by atoms with Crippen LogP contribution in [0.5, 0.6) is 11.5 Å². The van der Waals surface area contributed by atoms with Crippen molar-refractivity contribution in [3.05, 3.63) is 59.2 Å². The first kappa shape index (κ1) is 21.3. The van der Waals surface area contributed by atoms with Gasteiger partial charge in [0.05, 0.1) is 7.11 Å². The molecule has 0 radical (unpaired) electrons. The van der Waals surface area contributed by atoms with E-state index >= 15 is 0 Å². The van der Waals surface area contributed by atoms with E-state index in [1.807, 2.05) is 56.3 Å². The second kappa shape index (κ2) is 9.78. The van der Waals surface area contributed by atoms with Gasteiger partial charge in [-0.25, -0.2) is 0 Å². The molecule has 2 aromatic rings. The number of rotatable bonds is 8. The second-order valence-electron chi connectivity index (χ2n) is 6.72. The Kier molecular flexibility index (Phi) is 7.44. The Morgan fingerprint density at radius 1 is 1.11 bits per heavy atom. The van der Waals surface area contributed by atoms with Gasteiger partial charge in [0.15, 0.2) is 6.61 Å². The number of hydrogen-bond donors (Lipinski definition) is 1. The lowest BCUT2D eigenvalue weighted by molar-refractivity contribution is -0.142. The summed E-state index contributed by atoms with van der Waals surface area (Å²) in [5.74, 6) is 0.912. The summed E-state index contributed by atoms with van der Waals surface area (Å²) in [5, 5.41) is 2.60. The number of methoxy groups -OCH3 is 1. The number of aryl methyl sites for hydroxylation is 2. The minimum atomic E-state index is -0.623. The zero-order valence-corrected chi connectivity index (χ0v) is 17.1. The largest absolute Gasteiger partial charge is 0.497 e. The summed E-state index contributed by atoms with van der Waals surface area (Å²) in [6.07, 6.45) is 0. The summed E-state index contributed by atoms with van der Waals surface area (Å²) in [6, 6.07) is 12.6. The number of amides is 2. The molecule has 6 nitrogen and oxygen atoms in total. The second-order valence-corrected chi connectivity index (χ2v) is 6.72. The monoisotopic (exact) mass is 384 g/mol. The number of carbonyl (C=O) groups excluding carboxylic acids is 2. The van der Waals surface area contributed by atoms with Crippen molar-refractivity contribution in [1.82, 2.24) is 10.2 Å². The zero-order valence-electron chi connectivity index (χ0n) is 17.1. The Hall–Kier alpha value is -3.02. The molecular formula is C22H28N2O4. The fourth-order valence-corrected chi connectivity index (χ4v) is 2.90. The molecule has 2 rings (SSSR count). The number of nitrogens with zero attached hydrogens (tertiary/aromatic N) is 1. The third kappa shape index (κ3) is 5.49. The highest BCUT2D eigenvalue weighted by Gasteiger charge is 2.26. The van der Waals surface area contributed by atoms with Crippen LogP contribution in [0, 0.1) is 13.8 Å². The molecule has 6 heteroatoms. The van der Waals surface area contributed by atoms with Gasteiger partial charge in [0.25, 0.3) is 5.91 Å². The maximum Gasteiger partial charge on any atom is 0.261 e. The molecular weight excluding hydrogens is 356 g/mol. The normalized spacial score (nSPS) is 11.5. The van der Waals surface area contributed by atoms with E-state index in [1.165, 1.54) is 4.90 Å². The van der Waals surface area contributed by atoms with Crippen molar-refractivity contribution in [1.29, 1.82) is 0 Å². The van der Waals surface area contributed by atoms with E-state index in [-0.39, 0.29) is 18.4 Å². The molecule has 0 spiro atoms. The molecule has 0 bridgehead atoms. The van der Waals surface area contributed by atoms with E-state index in [1.54, 1.807) is 21.1 Å². The number of likely N-dealkylation sites (N-methyl/N-ethyl adjacent to an activating group) is 1. The summed E-state index contributed by atoms with van der Waals surface area (Å²) < 4.78 is 10.9. The highest BCUT2D eigenvalue weighted by atomic mass is 16.5. The number of carbonyl (C=O) groups is 2. The Morgan fingerprint density at radius 3 is 2.36 bits per heavy atom. The average Bonchev–Trinajstić information content (AvgIpc) is 2.70. The molecule has 0 aliphatic rings. The van der Waals surface area contributed by atoms with Gasteiger partial charge in [0.2, 0.25) is 5.91 Å². The molecule has 2 amide bonds. The highest BCUT2D eigenvalue weighted by Crippen LogP contribution is 2.19. The first-order chi connectivity index (χ1) is 13.3. The SMILES string of the molecule is CNC(=O)[C@@H](C)N(Cc1ccc(OC)cc1)C(=O)COc1ccc(C)cc1C. The molecule has 0 saturated carbocycles. The van der Waals surface area contributed by atoms with Crippen LogP contribution in [-0.4, -0.2) is 43.5 Å². The lowest BCUT2D eigenvalue weighted by atomic mass is 10.1. The Bertz CT molecular complexity index is 818. The van der Waals surface area contributed by atoms with Gasteiger partial charge in [-0.15, -0.1) is 0 Å². The lowest BCUT2D eigenvalue weighted by Crippen LogP contribution is -2.48. The van der Waals surface area contributed by atoms with Gasteiger partial charge in [-0.2, -0.15) is 0 Å². The molecule has 1 N–H and O–H groups in total. The summed E-state index contributed by atoms with van der Waals surface area (Å²) in [6.45, 7) is 5.81. The third-order valence-electron chi connectivity index (χ3n) is 4.61. The number of ether oxygens (including phenoxy) is 2. The van der Waals surface area contributed by atoms with Gasteiger partial charge in [-0.3, -0.25) is 9.59 Å². The fourth-order valence-electron chi connectivity index (χ4n) is 2.90. The molecule has 28 heavy (non-hydrogen) atoms. The Labute approximate surface area is 166 Å². The number of benzene rings is 2. The maximum absolute atomic E-state index is 12.9. The van der Waals surface area contributed by atoms with Gasteiger partial charge >= 0.3 is 0 Å². The number of hydrogen-bond acceptors (Lipinski definition) is 4. The van der Waals surface area contributed by atoms with Crippen LogP contribution in [0.25, 0.3) is 0 Å². The standard InChI is InChI=1S/C22H28N2O4/c1-15-6-11-20(16(2)12-15)28-14-21(25)24(17(3)22(26)23-4)13-18-7-9-19(27-5)10-8-18/h6-12,17H,13-14H2,1-5H3,(H,23,26)/t17-/m1/s1. The Morgan fingerprint density at radius 2 is 1.79 bits per heavy atom. The maximum atomic E-state index is 12.9. The van der Waals surface area contributed by atoms with Crippen molar-refractivity contribution in [3.63, 3.8) is 0 Å². The van der Waals surface area contributed by atoms with Crippen LogP contribution in [0.4, 0.5) is 0 Å². The van der Waals surface area contributed by atoms with Crippen molar-refractivity contribution in [2.45, 2.75) is 33.4 Å². The van der Waals surface area contributed by atoms with Crippen molar-refractivity contribution < 1.29 is 19.1 Å². The summed E-state index contributed by atoms with van der Waals surface area (Å²) in [4.78, 5) is 26.5. The predicted molar refractivity (Wildman–Crippen MR) is 108 cm³/mol. The van der Waals surface area contributed by atoms with E-state index < -0.39 is 6.04 Å².